The van der Waals surface area contributed by atoms with Gasteiger partial charge in [-0.25, -0.2) is 0 Å². The molecule has 8 nitrogen and oxygen atoms in total. The number of methoxy groups -OCH3 is 1. The molecule has 0 saturated heterocycles. The van der Waals surface area contributed by atoms with Crippen molar-refractivity contribution in [2.24, 2.45) is 0 Å². The number of anilines is 3. The smallest absolute Gasteiger partial charge is 0.231 e. The third-order valence-electron chi connectivity index (χ3n) is 4.70. The monoisotopic (exact) mass is 412 g/mol. The SMILES string of the molecule is CC[C@H](C)Nc1nc(Nc2ccc(P(C)(C)=O)cc2OC)nc2[nH]cc(C#N)c12. The van der Waals surface area contributed by atoms with Crippen LogP contribution < -0.4 is 20.7 Å². The molecular formula is C20H25N6O2P. The summed E-state index contributed by atoms with van der Waals surface area (Å²) in [6.45, 7) is 7.56. The Hall–Kier alpha value is -3.04. The van der Waals surface area contributed by atoms with Crippen LogP contribution in [0.25, 0.3) is 11.0 Å². The topological polar surface area (TPSA) is 116 Å². The van der Waals surface area contributed by atoms with E-state index in [4.69, 9.17) is 4.74 Å². The summed E-state index contributed by atoms with van der Waals surface area (Å²) in [5.74, 6) is 1.50. The molecule has 0 aliphatic carbocycles. The van der Waals surface area contributed by atoms with E-state index in [-0.39, 0.29) is 6.04 Å². The maximum absolute atomic E-state index is 12.4. The van der Waals surface area contributed by atoms with Gasteiger partial charge >= 0.3 is 0 Å². The molecule has 0 aliphatic heterocycles. The quantitative estimate of drug-likeness (QED) is 0.502. The molecule has 0 radical (unpaired) electrons. The highest BCUT2D eigenvalue weighted by molar-refractivity contribution is 7.70. The number of nitriles is 1. The molecule has 0 fully saturated rings. The highest BCUT2D eigenvalue weighted by Gasteiger charge is 2.18. The van der Waals surface area contributed by atoms with E-state index in [9.17, 15) is 9.83 Å². The van der Waals surface area contributed by atoms with Crippen LogP contribution in [0.15, 0.2) is 24.4 Å². The number of hydrogen-bond donors (Lipinski definition) is 3. The Labute approximate surface area is 170 Å². The normalized spacial score (nSPS) is 12.4. The van der Waals surface area contributed by atoms with Crippen LogP contribution >= 0.6 is 7.14 Å². The van der Waals surface area contributed by atoms with Gasteiger partial charge in [-0.1, -0.05) is 6.92 Å². The number of aromatic amines is 1. The highest BCUT2D eigenvalue weighted by atomic mass is 31.2. The molecule has 0 unspecified atom stereocenters. The van der Waals surface area contributed by atoms with Crippen molar-refractivity contribution in [2.45, 2.75) is 26.3 Å². The van der Waals surface area contributed by atoms with Crippen molar-refractivity contribution in [1.82, 2.24) is 15.0 Å². The van der Waals surface area contributed by atoms with Gasteiger partial charge in [-0.2, -0.15) is 15.2 Å². The van der Waals surface area contributed by atoms with Gasteiger partial charge in [-0.05, 0) is 44.9 Å². The van der Waals surface area contributed by atoms with E-state index in [1.165, 1.54) is 0 Å². The summed E-state index contributed by atoms with van der Waals surface area (Å²) in [5, 5.41) is 17.3. The molecule has 3 rings (SSSR count). The molecule has 0 bridgehead atoms. The molecular weight excluding hydrogens is 387 g/mol. The first-order valence-electron chi connectivity index (χ1n) is 9.33. The fourth-order valence-electron chi connectivity index (χ4n) is 2.86. The predicted molar refractivity (Wildman–Crippen MR) is 117 cm³/mol. The summed E-state index contributed by atoms with van der Waals surface area (Å²) in [5.41, 5.74) is 1.71. The zero-order valence-electron chi connectivity index (χ0n) is 17.2. The molecule has 9 heteroatoms. The molecule has 0 aliphatic rings. The maximum atomic E-state index is 12.4. The minimum Gasteiger partial charge on any atom is -0.495 e. The molecule has 3 N–H and O–H groups in total. The number of rotatable bonds is 7. The lowest BCUT2D eigenvalue weighted by Crippen LogP contribution is -2.15. The molecule has 1 atom stereocenters. The van der Waals surface area contributed by atoms with E-state index in [0.29, 0.717) is 39.8 Å². The first-order chi connectivity index (χ1) is 13.8. The van der Waals surface area contributed by atoms with Crippen LogP contribution in [-0.2, 0) is 4.57 Å². The number of H-pyrrole nitrogens is 1. The molecule has 3 aromatic rings. The number of aromatic nitrogens is 3. The van der Waals surface area contributed by atoms with Crippen LogP contribution in [0.2, 0.25) is 0 Å². The van der Waals surface area contributed by atoms with Crippen LogP contribution in [0.3, 0.4) is 0 Å². The number of nitrogens with one attached hydrogen (secondary N) is 3. The summed E-state index contributed by atoms with van der Waals surface area (Å²) >= 11 is 0. The fraction of sp³-hybridized carbons (Fsp3) is 0.350. The molecule has 1 aromatic carbocycles. The van der Waals surface area contributed by atoms with E-state index in [1.807, 2.05) is 6.07 Å². The standard InChI is InChI=1S/C20H25N6O2P/c1-6-12(2)23-19-17-13(10-21)11-22-18(17)25-20(26-19)24-15-8-7-14(29(4,5)27)9-16(15)28-3/h7-9,11-12H,6H2,1-5H3,(H3,22,23,24,25,26)/t12-/m0/s1. The average Bonchev–Trinajstić information content (AvgIpc) is 3.10. The summed E-state index contributed by atoms with van der Waals surface area (Å²) in [6.07, 6.45) is 2.53. The largest absolute Gasteiger partial charge is 0.495 e. The van der Waals surface area contributed by atoms with Gasteiger partial charge in [0.05, 0.1) is 23.7 Å². The van der Waals surface area contributed by atoms with Gasteiger partial charge in [0.1, 0.15) is 30.4 Å². The second-order valence-electron chi connectivity index (χ2n) is 7.25. The number of benzene rings is 1. The van der Waals surface area contributed by atoms with Crippen molar-refractivity contribution in [2.75, 3.05) is 31.1 Å². The molecule has 0 spiro atoms. The molecule has 152 valence electrons. The highest BCUT2D eigenvalue weighted by Crippen LogP contribution is 2.38. The van der Waals surface area contributed by atoms with E-state index < -0.39 is 7.14 Å². The number of hydrogen-bond acceptors (Lipinski definition) is 7. The lowest BCUT2D eigenvalue weighted by Gasteiger charge is -2.16. The van der Waals surface area contributed by atoms with Gasteiger partial charge in [0, 0.05) is 17.5 Å². The third-order valence-corrected chi connectivity index (χ3v) is 6.22. The molecule has 29 heavy (non-hydrogen) atoms. The van der Waals surface area contributed by atoms with E-state index in [0.717, 1.165) is 11.7 Å². The Bertz CT molecular complexity index is 1130. The minimum atomic E-state index is -2.41. The van der Waals surface area contributed by atoms with Crippen LogP contribution in [0.5, 0.6) is 5.75 Å². The Morgan fingerprint density at radius 2 is 2.10 bits per heavy atom. The molecule has 2 heterocycles. The van der Waals surface area contributed by atoms with E-state index >= 15 is 0 Å². The van der Waals surface area contributed by atoms with Gasteiger partial charge in [-0.3, -0.25) is 0 Å². The molecule has 0 amide bonds. The van der Waals surface area contributed by atoms with Crippen molar-refractivity contribution in [1.29, 1.82) is 5.26 Å². The van der Waals surface area contributed by atoms with Gasteiger partial charge < -0.3 is 24.9 Å². The Morgan fingerprint density at radius 3 is 2.72 bits per heavy atom. The van der Waals surface area contributed by atoms with Crippen molar-refractivity contribution >= 4 is 40.9 Å². The first kappa shape index (κ1) is 20.7. The van der Waals surface area contributed by atoms with Gasteiger partial charge in [-0.15, -0.1) is 0 Å². The Kier molecular flexibility index (Phi) is 5.81. The van der Waals surface area contributed by atoms with Gasteiger partial charge in [0.25, 0.3) is 0 Å². The van der Waals surface area contributed by atoms with Crippen LogP contribution in [0.1, 0.15) is 25.8 Å². The Morgan fingerprint density at radius 1 is 1.34 bits per heavy atom. The van der Waals surface area contributed by atoms with Crippen LogP contribution in [0, 0.1) is 11.3 Å². The number of nitrogens with zero attached hydrogens (tertiary/aromatic N) is 3. The van der Waals surface area contributed by atoms with Gasteiger partial charge in [0.15, 0.2) is 0 Å². The summed E-state index contributed by atoms with van der Waals surface area (Å²) < 4.78 is 17.8. The second kappa shape index (κ2) is 8.14. The minimum absolute atomic E-state index is 0.180. The van der Waals surface area contributed by atoms with Crippen LogP contribution in [0.4, 0.5) is 17.5 Å². The zero-order valence-corrected chi connectivity index (χ0v) is 18.1. The van der Waals surface area contributed by atoms with Crippen molar-refractivity contribution in [3.8, 4) is 11.8 Å². The van der Waals surface area contributed by atoms with E-state index in [1.54, 1.807) is 38.8 Å². The Balaban J connectivity index is 2.05. The predicted octanol–water partition coefficient (Wildman–Crippen LogP) is 4.04. The van der Waals surface area contributed by atoms with Crippen molar-refractivity contribution < 1.29 is 9.30 Å². The lowest BCUT2D eigenvalue weighted by atomic mass is 10.2. The summed E-state index contributed by atoms with van der Waals surface area (Å²) in [6, 6.07) is 7.73. The van der Waals surface area contributed by atoms with Gasteiger partial charge in [0.2, 0.25) is 5.95 Å². The lowest BCUT2D eigenvalue weighted by molar-refractivity contribution is 0.417. The molecule has 0 saturated carbocycles. The first-order valence-corrected chi connectivity index (χ1v) is 11.9. The number of ether oxygens (including phenoxy) is 1. The van der Waals surface area contributed by atoms with E-state index in [2.05, 4.69) is 45.5 Å². The summed E-state index contributed by atoms with van der Waals surface area (Å²) in [4.78, 5) is 12.1. The average molecular weight is 412 g/mol. The number of fused-ring (bicyclic) bond motifs is 1. The molecule has 2 aromatic heterocycles. The fourth-order valence-corrected chi connectivity index (χ4v) is 3.72. The van der Waals surface area contributed by atoms with Crippen LogP contribution in [-0.4, -0.2) is 41.4 Å². The zero-order chi connectivity index (χ0) is 21.2. The van der Waals surface area contributed by atoms with Crippen molar-refractivity contribution in [3.05, 3.63) is 30.0 Å². The van der Waals surface area contributed by atoms with Crippen molar-refractivity contribution in [3.63, 3.8) is 0 Å². The maximum Gasteiger partial charge on any atom is 0.231 e. The second-order valence-corrected chi connectivity index (χ2v) is 10.5. The third kappa shape index (κ3) is 4.36. The summed E-state index contributed by atoms with van der Waals surface area (Å²) in [7, 11) is -0.846.